The van der Waals surface area contributed by atoms with Crippen molar-refractivity contribution in [3.8, 4) is 11.8 Å². The van der Waals surface area contributed by atoms with E-state index in [1.807, 2.05) is 18.2 Å². The molecule has 1 atom stereocenters. The van der Waals surface area contributed by atoms with Gasteiger partial charge < -0.3 is 10.5 Å². The molecule has 2 N–H and O–H groups in total. The Morgan fingerprint density at radius 3 is 2.93 bits per heavy atom. The van der Waals surface area contributed by atoms with Crippen LogP contribution in [0.5, 0.6) is 5.75 Å². The molecule has 1 aromatic heterocycles. The van der Waals surface area contributed by atoms with E-state index in [0.29, 0.717) is 5.75 Å². The molecular formula is C11H15N3O. The summed E-state index contributed by atoms with van der Waals surface area (Å²) in [4.78, 5) is 4.21. The van der Waals surface area contributed by atoms with Crippen LogP contribution >= 0.6 is 0 Å². The predicted octanol–water partition coefficient (Wildman–Crippen LogP) is 1.26. The molecule has 0 spiro atoms. The molecule has 0 bridgehead atoms. The Kier molecular flexibility index (Phi) is 4.58. The van der Waals surface area contributed by atoms with Crippen LogP contribution in [0, 0.1) is 11.3 Å². The minimum absolute atomic E-state index is 0.0511. The molecule has 15 heavy (non-hydrogen) atoms. The van der Waals surface area contributed by atoms with Gasteiger partial charge in [0.2, 0.25) is 0 Å². The van der Waals surface area contributed by atoms with E-state index in [0.717, 1.165) is 18.5 Å². The molecular weight excluding hydrogens is 190 g/mol. The van der Waals surface area contributed by atoms with Crippen molar-refractivity contribution in [1.82, 2.24) is 4.98 Å². The van der Waals surface area contributed by atoms with Crippen molar-refractivity contribution in [1.29, 1.82) is 5.26 Å². The minimum atomic E-state index is 0.0511. The Balaban J connectivity index is 2.53. The molecule has 1 rings (SSSR count). The summed E-state index contributed by atoms with van der Waals surface area (Å²) in [5.41, 5.74) is 6.76. The highest BCUT2D eigenvalue weighted by molar-refractivity contribution is 5.20. The second-order valence-corrected chi connectivity index (χ2v) is 3.30. The maximum atomic E-state index is 8.32. The Morgan fingerprint density at radius 2 is 2.40 bits per heavy atom. The molecule has 0 saturated carbocycles. The van der Waals surface area contributed by atoms with Crippen LogP contribution < -0.4 is 10.5 Å². The Morgan fingerprint density at radius 1 is 1.60 bits per heavy atom. The second kappa shape index (κ2) is 5.99. The molecule has 1 unspecified atom stereocenters. The van der Waals surface area contributed by atoms with Gasteiger partial charge in [-0.3, -0.25) is 4.98 Å². The summed E-state index contributed by atoms with van der Waals surface area (Å²) in [6.45, 7) is 2.10. The van der Waals surface area contributed by atoms with Gasteiger partial charge in [-0.1, -0.05) is 6.92 Å². The molecule has 0 fully saturated rings. The third-order valence-electron chi connectivity index (χ3n) is 2.10. The Hall–Kier alpha value is -1.60. The van der Waals surface area contributed by atoms with Crippen molar-refractivity contribution >= 4 is 0 Å². The predicted molar refractivity (Wildman–Crippen MR) is 57.3 cm³/mol. The number of hydrogen-bond acceptors (Lipinski definition) is 4. The maximum Gasteiger partial charge on any atom is 0.174 e. The zero-order chi connectivity index (χ0) is 11.1. The lowest BCUT2D eigenvalue weighted by atomic mass is 10.1. The molecule has 1 heterocycles. The monoisotopic (exact) mass is 205 g/mol. The number of nitrogens with two attached hydrogens (primary N) is 1. The molecule has 0 aliphatic heterocycles. The highest BCUT2D eigenvalue weighted by atomic mass is 16.5. The molecule has 4 nitrogen and oxygen atoms in total. The summed E-state index contributed by atoms with van der Waals surface area (Å²) in [6.07, 6.45) is 3.33. The van der Waals surface area contributed by atoms with Crippen molar-refractivity contribution in [2.75, 3.05) is 6.61 Å². The van der Waals surface area contributed by atoms with Gasteiger partial charge in [-0.15, -0.1) is 0 Å². The molecule has 0 amide bonds. The third-order valence-corrected chi connectivity index (χ3v) is 2.10. The highest BCUT2D eigenvalue weighted by Crippen LogP contribution is 2.10. The fourth-order valence-electron chi connectivity index (χ4n) is 1.15. The van der Waals surface area contributed by atoms with Crippen molar-refractivity contribution < 1.29 is 4.74 Å². The molecule has 0 aliphatic rings. The normalized spacial score (nSPS) is 11.8. The summed E-state index contributed by atoms with van der Waals surface area (Å²) < 4.78 is 5.09. The average molecular weight is 205 g/mol. The zero-order valence-electron chi connectivity index (χ0n) is 8.81. The number of pyridine rings is 1. The van der Waals surface area contributed by atoms with Gasteiger partial charge in [0.15, 0.2) is 6.61 Å². The van der Waals surface area contributed by atoms with Gasteiger partial charge in [0.1, 0.15) is 11.8 Å². The van der Waals surface area contributed by atoms with Gasteiger partial charge in [0, 0.05) is 18.2 Å². The smallest absolute Gasteiger partial charge is 0.174 e. The molecule has 0 aliphatic carbocycles. The van der Waals surface area contributed by atoms with Crippen LogP contribution in [-0.2, 0) is 6.42 Å². The fraction of sp³-hybridized carbons (Fsp3) is 0.455. The average Bonchev–Trinajstić information content (AvgIpc) is 2.28. The van der Waals surface area contributed by atoms with E-state index in [1.165, 1.54) is 0 Å². The number of aromatic nitrogens is 1. The standard InChI is InChI=1S/C11H15N3O/c1-2-9(13)7-10-3-4-11(8-14-10)15-6-5-12/h3-4,8-9H,2,6-7,13H2,1H3. The van der Waals surface area contributed by atoms with E-state index in [2.05, 4.69) is 11.9 Å². The van der Waals surface area contributed by atoms with Gasteiger partial charge in [0.05, 0.1) is 6.20 Å². The van der Waals surface area contributed by atoms with Crippen molar-refractivity contribution in [3.63, 3.8) is 0 Å². The van der Waals surface area contributed by atoms with Crippen LogP contribution in [0.1, 0.15) is 19.0 Å². The zero-order valence-corrected chi connectivity index (χ0v) is 8.81. The van der Waals surface area contributed by atoms with E-state index in [-0.39, 0.29) is 12.6 Å². The summed E-state index contributed by atoms with van der Waals surface area (Å²) in [5.74, 6) is 0.616. The van der Waals surface area contributed by atoms with E-state index in [1.54, 1.807) is 6.20 Å². The summed E-state index contributed by atoms with van der Waals surface area (Å²) in [7, 11) is 0. The first-order valence-electron chi connectivity index (χ1n) is 4.96. The lowest BCUT2D eigenvalue weighted by Crippen LogP contribution is -2.21. The third kappa shape index (κ3) is 3.96. The van der Waals surface area contributed by atoms with Crippen LogP contribution in [0.3, 0.4) is 0 Å². The van der Waals surface area contributed by atoms with Crippen LogP contribution in [0.15, 0.2) is 18.3 Å². The Labute approximate surface area is 89.7 Å². The SMILES string of the molecule is CCC(N)Cc1ccc(OCC#N)cn1. The number of nitrogens with zero attached hydrogens (tertiary/aromatic N) is 2. The first-order chi connectivity index (χ1) is 7.26. The lowest BCUT2D eigenvalue weighted by molar-refractivity contribution is 0.366. The van der Waals surface area contributed by atoms with E-state index >= 15 is 0 Å². The molecule has 80 valence electrons. The lowest BCUT2D eigenvalue weighted by Gasteiger charge is -2.08. The van der Waals surface area contributed by atoms with Crippen molar-refractivity contribution in [2.24, 2.45) is 5.73 Å². The summed E-state index contributed by atoms with van der Waals surface area (Å²) >= 11 is 0. The number of hydrogen-bond donors (Lipinski definition) is 1. The largest absolute Gasteiger partial charge is 0.477 e. The van der Waals surface area contributed by atoms with Crippen LogP contribution in [0.25, 0.3) is 0 Å². The maximum absolute atomic E-state index is 8.32. The van der Waals surface area contributed by atoms with Crippen LogP contribution in [0.2, 0.25) is 0 Å². The van der Waals surface area contributed by atoms with Gasteiger partial charge in [0.25, 0.3) is 0 Å². The first kappa shape index (κ1) is 11.5. The summed E-state index contributed by atoms with van der Waals surface area (Å²) in [5, 5.41) is 8.32. The van der Waals surface area contributed by atoms with Crippen molar-refractivity contribution in [2.45, 2.75) is 25.8 Å². The van der Waals surface area contributed by atoms with Gasteiger partial charge in [-0.05, 0) is 18.6 Å². The van der Waals surface area contributed by atoms with Crippen molar-refractivity contribution in [3.05, 3.63) is 24.0 Å². The first-order valence-corrected chi connectivity index (χ1v) is 4.96. The van der Waals surface area contributed by atoms with Gasteiger partial charge in [-0.25, -0.2) is 0 Å². The summed E-state index contributed by atoms with van der Waals surface area (Å²) in [6, 6.07) is 5.74. The van der Waals surface area contributed by atoms with E-state index in [9.17, 15) is 0 Å². The topological polar surface area (TPSA) is 71.9 Å². The second-order valence-electron chi connectivity index (χ2n) is 3.30. The molecule has 1 aromatic rings. The van der Waals surface area contributed by atoms with Crippen LogP contribution in [-0.4, -0.2) is 17.6 Å². The van der Waals surface area contributed by atoms with Crippen LogP contribution in [0.4, 0.5) is 0 Å². The molecule has 0 saturated heterocycles. The van der Waals surface area contributed by atoms with E-state index in [4.69, 9.17) is 15.7 Å². The quantitative estimate of drug-likeness (QED) is 0.785. The van der Waals surface area contributed by atoms with Gasteiger partial charge in [-0.2, -0.15) is 5.26 Å². The molecule has 0 radical (unpaired) electrons. The molecule has 0 aromatic carbocycles. The number of rotatable bonds is 5. The minimum Gasteiger partial charge on any atom is -0.477 e. The fourth-order valence-corrected chi connectivity index (χ4v) is 1.15. The Bertz CT molecular complexity index is 329. The van der Waals surface area contributed by atoms with Gasteiger partial charge >= 0.3 is 0 Å². The van der Waals surface area contributed by atoms with E-state index < -0.39 is 0 Å². The molecule has 4 heteroatoms. The highest BCUT2D eigenvalue weighted by Gasteiger charge is 2.02. The number of ether oxygens (including phenoxy) is 1. The number of nitriles is 1.